The smallest absolute Gasteiger partial charge is 0.0622 e. The van der Waals surface area contributed by atoms with Crippen molar-refractivity contribution in [3.05, 3.63) is 253 Å². The lowest BCUT2D eigenvalue weighted by Crippen LogP contribution is -2.26. The number of rotatable bonds is 3. The maximum absolute atomic E-state index is 2.46. The van der Waals surface area contributed by atoms with E-state index in [1.165, 1.54) is 132 Å². The Morgan fingerprint density at radius 2 is 0.698 bits per heavy atom. The first kappa shape index (κ1) is 34.6. The van der Waals surface area contributed by atoms with Crippen LogP contribution in [0, 0.1) is 0 Å². The predicted octanol–water partition coefficient (Wildman–Crippen LogP) is 16.8. The quantitative estimate of drug-likeness (QED) is 0.156. The van der Waals surface area contributed by atoms with Crippen molar-refractivity contribution in [1.82, 2.24) is 0 Å². The maximum atomic E-state index is 2.46. The van der Waals surface area contributed by atoms with Crippen LogP contribution in [-0.4, -0.2) is 0 Å². The normalized spacial score (nSPS) is 13.2. The van der Waals surface area contributed by atoms with Gasteiger partial charge in [-0.2, -0.15) is 0 Å². The van der Waals surface area contributed by atoms with Crippen molar-refractivity contribution in [3.8, 4) is 55.6 Å². The van der Waals surface area contributed by atoms with Gasteiger partial charge in [-0.3, -0.25) is 0 Å². The summed E-state index contributed by atoms with van der Waals surface area (Å²) in [5.41, 5.74) is 17.9. The largest absolute Gasteiger partial charge is 0.0731 e. The fourth-order valence-electron chi connectivity index (χ4n) is 11.9. The highest BCUT2D eigenvalue weighted by atomic mass is 14.5. The van der Waals surface area contributed by atoms with E-state index in [1.807, 2.05) is 0 Å². The summed E-state index contributed by atoms with van der Waals surface area (Å²) in [4.78, 5) is 0. The topological polar surface area (TPSA) is 0 Å². The Kier molecular flexibility index (Phi) is 7.13. The van der Waals surface area contributed by atoms with Gasteiger partial charge in [0.05, 0.1) is 5.41 Å². The van der Waals surface area contributed by atoms with Gasteiger partial charge in [-0.15, -0.1) is 0 Å². The van der Waals surface area contributed by atoms with Gasteiger partial charge in [-0.05, 0) is 150 Å². The molecular weight excluding hydrogens is 757 g/mol. The van der Waals surface area contributed by atoms with Crippen LogP contribution in [0.4, 0.5) is 0 Å². The lowest BCUT2D eigenvalue weighted by Gasteiger charge is -2.31. The van der Waals surface area contributed by atoms with Gasteiger partial charge in [-0.1, -0.05) is 212 Å². The zero-order chi connectivity index (χ0) is 41.2. The predicted molar refractivity (Wildman–Crippen MR) is 267 cm³/mol. The Labute approximate surface area is 366 Å². The van der Waals surface area contributed by atoms with Gasteiger partial charge >= 0.3 is 0 Å². The average Bonchev–Trinajstić information content (AvgIpc) is 3.83. The first-order valence-corrected chi connectivity index (χ1v) is 22.1. The van der Waals surface area contributed by atoms with Gasteiger partial charge in [0.25, 0.3) is 0 Å². The van der Waals surface area contributed by atoms with Crippen molar-refractivity contribution in [2.75, 3.05) is 0 Å². The molecule has 0 saturated carbocycles. The molecule has 1 spiro atoms. The van der Waals surface area contributed by atoms with Gasteiger partial charge in [0.15, 0.2) is 0 Å². The minimum absolute atomic E-state index is 0.438. The molecule has 0 nitrogen and oxygen atoms in total. The molecule has 63 heavy (non-hydrogen) atoms. The summed E-state index contributed by atoms with van der Waals surface area (Å²) >= 11 is 0. The van der Waals surface area contributed by atoms with Crippen LogP contribution in [0.5, 0.6) is 0 Å². The van der Waals surface area contributed by atoms with Crippen molar-refractivity contribution in [2.24, 2.45) is 0 Å². The Morgan fingerprint density at radius 1 is 0.222 bits per heavy atom. The lowest BCUT2D eigenvalue weighted by molar-refractivity contribution is 0.802. The van der Waals surface area contributed by atoms with Crippen LogP contribution in [0.25, 0.3) is 109 Å². The molecule has 12 aromatic carbocycles. The van der Waals surface area contributed by atoms with Crippen LogP contribution < -0.4 is 0 Å². The first-order chi connectivity index (χ1) is 31.3. The molecule has 2 aliphatic carbocycles. The Morgan fingerprint density at radius 3 is 1.35 bits per heavy atom. The van der Waals surface area contributed by atoms with Crippen LogP contribution in [0.2, 0.25) is 0 Å². The second-order valence-corrected chi connectivity index (χ2v) is 17.5. The standard InChI is InChI=1S/C63H38/c1-2-14-39(15-3-1)41-26-27-43-37-45(29-28-42(43)36-41)59-51-20-6-8-22-53(51)60(54-23-9-7-21-52(54)59)46-31-33-48-44(38-46)30-34-55-61-47-17-5-4-16-40(47)32-35-58(61)63(62(48)55)56-24-12-10-18-49(56)50-19-11-13-25-57(50)63/h1-38H. The van der Waals surface area contributed by atoms with Crippen molar-refractivity contribution in [2.45, 2.75) is 5.41 Å². The van der Waals surface area contributed by atoms with E-state index >= 15 is 0 Å². The summed E-state index contributed by atoms with van der Waals surface area (Å²) in [6.07, 6.45) is 0. The molecule has 0 bridgehead atoms. The first-order valence-electron chi connectivity index (χ1n) is 22.1. The molecule has 14 rings (SSSR count). The summed E-state index contributed by atoms with van der Waals surface area (Å²) in [5, 5.41) is 12.7. The number of fused-ring (bicyclic) bond motifs is 17. The second kappa shape index (κ2) is 13.0. The molecule has 12 aromatic rings. The third kappa shape index (κ3) is 4.70. The summed E-state index contributed by atoms with van der Waals surface area (Å²) in [6.45, 7) is 0. The third-order valence-corrected chi connectivity index (χ3v) is 14.4. The van der Waals surface area contributed by atoms with Gasteiger partial charge in [0.2, 0.25) is 0 Å². The van der Waals surface area contributed by atoms with E-state index in [4.69, 9.17) is 0 Å². The highest BCUT2D eigenvalue weighted by Crippen LogP contribution is 2.65. The molecule has 0 N–H and O–H groups in total. The van der Waals surface area contributed by atoms with Crippen LogP contribution in [0.1, 0.15) is 22.3 Å². The van der Waals surface area contributed by atoms with E-state index in [0.717, 1.165) is 0 Å². The lowest BCUT2D eigenvalue weighted by atomic mass is 9.69. The van der Waals surface area contributed by atoms with Crippen molar-refractivity contribution >= 4 is 53.9 Å². The van der Waals surface area contributed by atoms with Crippen LogP contribution in [-0.2, 0) is 5.41 Å². The molecular formula is C63H38. The molecule has 0 amide bonds. The molecule has 0 radical (unpaired) electrons. The summed E-state index contributed by atoms with van der Waals surface area (Å²) in [7, 11) is 0. The second-order valence-electron chi connectivity index (χ2n) is 17.5. The minimum Gasteiger partial charge on any atom is -0.0622 e. The summed E-state index contributed by atoms with van der Waals surface area (Å²) in [5.74, 6) is 0. The number of hydrogen-bond acceptors (Lipinski definition) is 0. The SMILES string of the molecule is c1ccc(-c2ccc3cc(-c4c5ccccc5c(-c5ccc6c7c(ccc6c5)-c5c(ccc6ccccc56)C75c6ccccc6-c6ccccc65)c5ccccc45)ccc3c2)cc1. The molecule has 2 aliphatic rings. The summed E-state index contributed by atoms with van der Waals surface area (Å²) in [6, 6.07) is 86.6. The molecule has 0 aromatic heterocycles. The molecule has 0 fully saturated rings. The van der Waals surface area contributed by atoms with Crippen LogP contribution >= 0.6 is 0 Å². The fraction of sp³-hybridized carbons (Fsp3) is 0.0159. The molecule has 0 aliphatic heterocycles. The van der Waals surface area contributed by atoms with Crippen LogP contribution in [0.3, 0.4) is 0 Å². The average molecular weight is 795 g/mol. The van der Waals surface area contributed by atoms with E-state index in [9.17, 15) is 0 Å². The van der Waals surface area contributed by atoms with Crippen molar-refractivity contribution < 1.29 is 0 Å². The molecule has 0 heterocycles. The van der Waals surface area contributed by atoms with E-state index < -0.39 is 5.41 Å². The molecule has 0 unspecified atom stereocenters. The molecule has 290 valence electrons. The highest BCUT2D eigenvalue weighted by molar-refractivity contribution is 6.22. The zero-order valence-electron chi connectivity index (χ0n) is 34.4. The third-order valence-electron chi connectivity index (χ3n) is 14.4. The molecule has 0 heteroatoms. The van der Waals surface area contributed by atoms with Gasteiger partial charge in [-0.25, -0.2) is 0 Å². The van der Waals surface area contributed by atoms with Crippen LogP contribution in [0.15, 0.2) is 231 Å². The number of hydrogen-bond donors (Lipinski definition) is 0. The van der Waals surface area contributed by atoms with Gasteiger partial charge in [0.1, 0.15) is 0 Å². The van der Waals surface area contributed by atoms with Crippen molar-refractivity contribution in [1.29, 1.82) is 0 Å². The monoisotopic (exact) mass is 794 g/mol. The Bertz CT molecular complexity index is 3800. The Hall–Kier alpha value is -8.06. The molecule has 0 saturated heterocycles. The van der Waals surface area contributed by atoms with E-state index in [1.54, 1.807) is 0 Å². The number of benzene rings is 12. The fourth-order valence-corrected chi connectivity index (χ4v) is 11.9. The van der Waals surface area contributed by atoms with E-state index in [2.05, 4.69) is 231 Å². The van der Waals surface area contributed by atoms with Crippen molar-refractivity contribution in [3.63, 3.8) is 0 Å². The van der Waals surface area contributed by atoms with E-state index in [-0.39, 0.29) is 0 Å². The Balaban J connectivity index is 1.00. The highest BCUT2D eigenvalue weighted by Gasteiger charge is 2.52. The maximum Gasteiger partial charge on any atom is 0.0731 e. The van der Waals surface area contributed by atoms with Gasteiger partial charge < -0.3 is 0 Å². The molecule has 0 atom stereocenters. The minimum atomic E-state index is -0.438. The summed E-state index contributed by atoms with van der Waals surface area (Å²) < 4.78 is 0. The van der Waals surface area contributed by atoms with E-state index in [0.29, 0.717) is 0 Å². The zero-order valence-corrected chi connectivity index (χ0v) is 34.4. The van der Waals surface area contributed by atoms with Gasteiger partial charge in [0, 0.05) is 0 Å².